The number of ketones is 1. The number of terminal acetylenes is 1. The molecule has 0 aliphatic heterocycles. The maximum Gasteiger partial charge on any atom is 0.333 e. The van der Waals surface area contributed by atoms with Crippen LogP contribution < -0.4 is 15.4 Å². The van der Waals surface area contributed by atoms with Crippen LogP contribution in [0.5, 0.6) is 0 Å². The Morgan fingerprint density at radius 2 is 1.38 bits per heavy atom. The molecule has 204 valence electrons. The van der Waals surface area contributed by atoms with Crippen molar-refractivity contribution in [3.05, 3.63) is 88.0 Å². The quantitative estimate of drug-likeness (QED) is 0.273. The molecule has 0 radical (unpaired) electrons. The van der Waals surface area contributed by atoms with Gasteiger partial charge in [-0.05, 0) is 109 Å². The predicted molar refractivity (Wildman–Crippen MR) is 153 cm³/mol. The van der Waals surface area contributed by atoms with Gasteiger partial charge in [0.05, 0.1) is 4.90 Å². The van der Waals surface area contributed by atoms with E-state index in [1.54, 1.807) is 24.3 Å². The van der Waals surface area contributed by atoms with Crippen molar-refractivity contribution in [1.82, 2.24) is 4.72 Å². The Bertz CT molecular complexity index is 1600. The highest BCUT2D eigenvalue weighted by Gasteiger charge is 2.26. The highest BCUT2D eigenvalue weighted by atomic mass is 32.2. The lowest BCUT2D eigenvalue weighted by molar-refractivity contribution is -0.116. The number of aryl methyl sites for hydroxylation is 2. The Morgan fingerprint density at radius 3 is 1.95 bits per heavy atom. The zero-order valence-electron chi connectivity index (χ0n) is 21.9. The number of carbonyl (C=O) groups is 3. The van der Waals surface area contributed by atoms with Gasteiger partial charge in [-0.25, -0.2) is 17.9 Å². The van der Waals surface area contributed by atoms with Gasteiger partial charge < -0.3 is 10.6 Å². The van der Waals surface area contributed by atoms with Gasteiger partial charge in [0.1, 0.15) is 0 Å². The number of rotatable bonds is 8. The Labute approximate surface area is 233 Å². The van der Waals surface area contributed by atoms with Crippen molar-refractivity contribution < 1.29 is 22.8 Å². The first-order valence-corrected chi connectivity index (χ1v) is 14.7. The summed E-state index contributed by atoms with van der Waals surface area (Å²) in [6.07, 6.45) is 11.4. The number of urea groups is 1. The lowest BCUT2D eigenvalue weighted by Gasteiger charge is -2.16. The highest BCUT2D eigenvalue weighted by molar-refractivity contribution is 7.90. The normalized spacial score (nSPS) is 13.6. The standard InChI is InChI=1S/C31H29N3O5S/c1-2-3-10-28(35)32-24-15-11-20(12-16-24)30(36)21-13-17-25(18-14-21)40(38,39)34-31(37)33-29-26-8-4-6-22(26)19-23-7-5-9-27(23)29/h1,11-19H,3-10H2,(H,32,35)(H2,33,34,37). The molecule has 5 rings (SSSR count). The van der Waals surface area contributed by atoms with Crippen LogP contribution in [-0.4, -0.2) is 26.1 Å². The molecule has 3 aromatic rings. The molecular formula is C31H29N3O5S. The monoisotopic (exact) mass is 555 g/mol. The predicted octanol–water partition coefficient (Wildman–Crippen LogP) is 4.76. The average molecular weight is 556 g/mol. The number of sulfonamides is 1. The third kappa shape index (κ3) is 5.77. The summed E-state index contributed by atoms with van der Waals surface area (Å²) < 4.78 is 28.0. The molecule has 9 heteroatoms. The maximum absolute atomic E-state index is 12.9. The van der Waals surface area contributed by atoms with Gasteiger partial charge in [-0.15, -0.1) is 12.3 Å². The lowest BCUT2D eigenvalue weighted by Crippen LogP contribution is -2.35. The van der Waals surface area contributed by atoms with Gasteiger partial charge in [-0.1, -0.05) is 6.07 Å². The van der Waals surface area contributed by atoms with Gasteiger partial charge in [-0.2, -0.15) is 0 Å². The summed E-state index contributed by atoms with van der Waals surface area (Å²) in [6, 6.07) is 13.2. The Kier molecular flexibility index (Phi) is 7.71. The van der Waals surface area contributed by atoms with Crippen LogP contribution in [0.3, 0.4) is 0 Å². The minimum atomic E-state index is -4.16. The molecule has 2 aliphatic carbocycles. The smallest absolute Gasteiger partial charge is 0.326 e. The zero-order chi connectivity index (χ0) is 28.3. The molecule has 3 amide bonds. The van der Waals surface area contributed by atoms with Crippen LogP contribution in [0, 0.1) is 12.3 Å². The molecular weight excluding hydrogens is 526 g/mol. The Balaban J connectivity index is 1.24. The molecule has 2 aliphatic rings. The zero-order valence-corrected chi connectivity index (χ0v) is 22.7. The van der Waals surface area contributed by atoms with E-state index in [1.165, 1.54) is 35.4 Å². The van der Waals surface area contributed by atoms with Gasteiger partial charge in [0, 0.05) is 35.3 Å². The van der Waals surface area contributed by atoms with Gasteiger partial charge >= 0.3 is 6.03 Å². The summed E-state index contributed by atoms with van der Waals surface area (Å²) in [5.41, 5.74) is 6.63. The van der Waals surface area contributed by atoms with E-state index in [9.17, 15) is 22.8 Å². The SMILES string of the molecule is C#CCCC(=O)Nc1ccc(C(=O)c2ccc(S(=O)(=O)NC(=O)Nc3c4c(cc5c3CCC5)CCC4)cc2)cc1. The largest absolute Gasteiger partial charge is 0.333 e. The van der Waals surface area contributed by atoms with Gasteiger partial charge in [0.2, 0.25) is 5.91 Å². The first kappa shape index (κ1) is 27.2. The second kappa shape index (κ2) is 11.4. The molecule has 0 bridgehead atoms. The molecule has 0 atom stereocenters. The molecule has 0 saturated carbocycles. The van der Waals surface area contributed by atoms with E-state index in [0.29, 0.717) is 17.7 Å². The molecule has 8 nitrogen and oxygen atoms in total. The maximum atomic E-state index is 12.9. The minimum absolute atomic E-state index is 0.132. The van der Waals surface area contributed by atoms with Gasteiger partial charge in [0.15, 0.2) is 5.78 Å². The molecule has 0 unspecified atom stereocenters. The molecule has 0 heterocycles. The molecule has 0 saturated heterocycles. The van der Waals surface area contributed by atoms with E-state index in [1.807, 2.05) is 0 Å². The van der Waals surface area contributed by atoms with Crippen LogP contribution in [-0.2, 0) is 40.5 Å². The Hall–Kier alpha value is -4.42. The topological polar surface area (TPSA) is 121 Å². The van der Waals surface area contributed by atoms with E-state index in [0.717, 1.165) is 55.3 Å². The van der Waals surface area contributed by atoms with Crippen molar-refractivity contribution in [3.8, 4) is 12.3 Å². The van der Waals surface area contributed by atoms with E-state index in [-0.39, 0.29) is 28.6 Å². The second-order valence-corrected chi connectivity index (χ2v) is 11.7. The van der Waals surface area contributed by atoms with E-state index < -0.39 is 16.1 Å². The summed E-state index contributed by atoms with van der Waals surface area (Å²) in [4.78, 5) is 37.4. The van der Waals surface area contributed by atoms with Gasteiger partial charge in [0.25, 0.3) is 10.0 Å². The van der Waals surface area contributed by atoms with Crippen LogP contribution in [0.1, 0.15) is 63.9 Å². The van der Waals surface area contributed by atoms with Crippen molar-refractivity contribution in [2.24, 2.45) is 0 Å². The molecule has 0 aromatic heterocycles. The number of anilines is 2. The minimum Gasteiger partial charge on any atom is -0.326 e. The van der Waals surface area contributed by atoms with E-state index in [2.05, 4.69) is 27.3 Å². The molecule has 0 fully saturated rings. The molecule has 40 heavy (non-hydrogen) atoms. The summed E-state index contributed by atoms with van der Waals surface area (Å²) in [7, 11) is -4.16. The third-order valence-electron chi connectivity index (χ3n) is 7.29. The van der Waals surface area contributed by atoms with Crippen molar-refractivity contribution in [3.63, 3.8) is 0 Å². The number of carbonyl (C=O) groups excluding carboxylic acids is 3. The number of amides is 3. The number of hydrogen-bond acceptors (Lipinski definition) is 5. The van der Waals surface area contributed by atoms with E-state index >= 15 is 0 Å². The summed E-state index contributed by atoms with van der Waals surface area (Å²) in [5.74, 6) is 1.88. The second-order valence-electron chi connectivity index (χ2n) is 9.98. The van der Waals surface area contributed by atoms with Gasteiger partial charge in [-0.3, -0.25) is 9.59 Å². The van der Waals surface area contributed by atoms with Crippen LogP contribution in [0.25, 0.3) is 0 Å². The number of benzene rings is 3. The average Bonchev–Trinajstić information content (AvgIpc) is 3.61. The molecule has 3 aromatic carbocycles. The third-order valence-corrected chi connectivity index (χ3v) is 8.64. The van der Waals surface area contributed by atoms with Crippen LogP contribution >= 0.6 is 0 Å². The van der Waals surface area contributed by atoms with Crippen LogP contribution in [0.15, 0.2) is 59.5 Å². The lowest BCUT2D eigenvalue weighted by atomic mass is 9.99. The van der Waals surface area contributed by atoms with Crippen molar-refractivity contribution in [2.45, 2.75) is 56.3 Å². The van der Waals surface area contributed by atoms with Crippen molar-refractivity contribution in [2.75, 3.05) is 10.6 Å². The summed E-state index contributed by atoms with van der Waals surface area (Å²) >= 11 is 0. The number of hydrogen-bond donors (Lipinski definition) is 3. The van der Waals surface area contributed by atoms with Crippen LogP contribution in [0.2, 0.25) is 0 Å². The fourth-order valence-corrected chi connectivity index (χ4v) is 6.26. The highest BCUT2D eigenvalue weighted by Crippen LogP contribution is 2.38. The van der Waals surface area contributed by atoms with Crippen molar-refractivity contribution >= 4 is 39.1 Å². The fourth-order valence-electron chi connectivity index (χ4n) is 5.35. The first-order chi connectivity index (χ1) is 19.2. The number of fused-ring (bicyclic) bond motifs is 2. The summed E-state index contributed by atoms with van der Waals surface area (Å²) in [5, 5.41) is 5.54. The van der Waals surface area contributed by atoms with E-state index in [4.69, 9.17) is 6.42 Å². The fraction of sp³-hybridized carbons (Fsp3) is 0.258. The van der Waals surface area contributed by atoms with Crippen molar-refractivity contribution in [1.29, 1.82) is 0 Å². The molecule has 3 N–H and O–H groups in total. The first-order valence-electron chi connectivity index (χ1n) is 13.2. The Morgan fingerprint density at radius 1 is 0.800 bits per heavy atom. The summed E-state index contributed by atoms with van der Waals surface area (Å²) in [6.45, 7) is 0. The number of nitrogens with one attached hydrogen (secondary N) is 3. The molecule has 0 spiro atoms. The van der Waals surface area contributed by atoms with Crippen LogP contribution in [0.4, 0.5) is 16.2 Å².